The molecule has 1 N–H and O–H groups in total. The van der Waals surface area contributed by atoms with Gasteiger partial charge in [-0.2, -0.15) is 0 Å². The first-order valence-electron chi connectivity index (χ1n) is 5.16. The van der Waals surface area contributed by atoms with E-state index in [9.17, 15) is 8.42 Å². The number of aromatic nitrogens is 2. The van der Waals surface area contributed by atoms with Gasteiger partial charge in [0.05, 0.1) is 11.4 Å². The molecule has 0 atom stereocenters. The highest BCUT2D eigenvalue weighted by Crippen LogP contribution is 2.20. The van der Waals surface area contributed by atoms with Crippen molar-refractivity contribution in [2.75, 3.05) is 4.72 Å². The van der Waals surface area contributed by atoms with E-state index in [0.717, 1.165) is 0 Å². The zero-order valence-corrected chi connectivity index (χ0v) is 12.3. The van der Waals surface area contributed by atoms with Gasteiger partial charge in [-0.05, 0) is 41.1 Å². The molecule has 0 spiro atoms. The third-order valence-electron chi connectivity index (χ3n) is 2.41. The number of nitrogens with zero attached hydrogens (tertiary/aromatic N) is 2. The summed E-state index contributed by atoms with van der Waals surface area (Å²) in [4.78, 5) is 4.37. The lowest BCUT2D eigenvalue weighted by Crippen LogP contribution is -2.13. The van der Waals surface area contributed by atoms with Gasteiger partial charge in [0.2, 0.25) is 0 Å². The minimum Gasteiger partial charge on any atom is -0.356 e. The molecule has 0 saturated heterocycles. The van der Waals surface area contributed by atoms with Crippen molar-refractivity contribution < 1.29 is 8.42 Å². The summed E-state index contributed by atoms with van der Waals surface area (Å²) < 4.78 is 29.0. The molecule has 2 heterocycles. The van der Waals surface area contributed by atoms with E-state index in [1.165, 1.54) is 0 Å². The fraction of sp³-hybridized carbons (Fsp3) is 0.182. The average Bonchev–Trinajstić information content (AvgIpc) is 2.70. The molecule has 0 unspecified atom stereocenters. The minimum atomic E-state index is -3.55. The molecule has 0 radical (unpaired) electrons. The van der Waals surface area contributed by atoms with Crippen LogP contribution in [0.5, 0.6) is 0 Å². The Morgan fingerprint density at radius 3 is 2.61 bits per heavy atom. The van der Waals surface area contributed by atoms with Crippen LogP contribution in [0.25, 0.3) is 0 Å². The molecule has 0 aliphatic heterocycles. The third-order valence-corrected chi connectivity index (χ3v) is 4.20. The smallest absolute Gasteiger partial charge is 0.263 e. The Hall–Kier alpha value is -1.34. The fourth-order valence-electron chi connectivity index (χ4n) is 1.48. The standard InChI is InChI=1S/C11H12BrN3O2S/c1-8-10(3-4-11(12)13-8)14-18(16,17)9-5-6-15(2)7-9/h3-7,14H,1-2H3. The first-order valence-corrected chi connectivity index (χ1v) is 7.44. The Bertz CT molecular complexity index is 679. The number of halogens is 1. The lowest BCUT2D eigenvalue weighted by molar-refractivity contribution is 0.601. The van der Waals surface area contributed by atoms with Gasteiger partial charge in [-0.1, -0.05) is 0 Å². The molecule has 0 bridgehead atoms. The second-order valence-electron chi connectivity index (χ2n) is 3.89. The predicted molar refractivity (Wildman–Crippen MR) is 72.9 cm³/mol. The maximum atomic E-state index is 12.1. The molecule has 0 amide bonds. The summed E-state index contributed by atoms with van der Waals surface area (Å²) in [6, 6.07) is 4.91. The number of pyridine rings is 1. The molecule has 7 heteroatoms. The minimum absolute atomic E-state index is 0.229. The van der Waals surface area contributed by atoms with Crippen LogP contribution in [0.1, 0.15) is 5.69 Å². The molecule has 2 aromatic rings. The van der Waals surface area contributed by atoms with Crippen LogP contribution in [0.15, 0.2) is 40.1 Å². The van der Waals surface area contributed by atoms with Crippen molar-refractivity contribution in [3.05, 3.63) is 40.9 Å². The number of hydrogen-bond donors (Lipinski definition) is 1. The van der Waals surface area contributed by atoms with Crippen LogP contribution in [-0.2, 0) is 17.1 Å². The number of hydrogen-bond acceptors (Lipinski definition) is 3. The SMILES string of the molecule is Cc1nc(Br)ccc1NS(=O)(=O)c1ccn(C)c1. The number of anilines is 1. The van der Waals surface area contributed by atoms with Gasteiger partial charge in [-0.25, -0.2) is 13.4 Å². The molecule has 5 nitrogen and oxygen atoms in total. The number of sulfonamides is 1. The zero-order chi connectivity index (χ0) is 13.3. The van der Waals surface area contributed by atoms with E-state index in [1.54, 1.807) is 49.1 Å². The highest BCUT2D eigenvalue weighted by molar-refractivity contribution is 9.10. The van der Waals surface area contributed by atoms with Crippen molar-refractivity contribution in [2.45, 2.75) is 11.8 Å². The molecule has 2 aromatic heterocycles. The van der Waals surface area contributed by atoms with Gasteiger partial charge in [0.15, 0.2) is 0 Å². The second kappa shape index (κ2) is 4.74. The maximum absolute atomic E-state index is 12.1. The zero-order valence-electron chi connectivity index (χ0n) is 9.88. The first kappa shape index (κ1) is 13.1. The number of nitrogens with one attached hydrogen (secondary N) is 1. The molecular weight excluding hydrogens is 318 g/mol. The lowest BCUT2D eigenvalue weighted by Gasteiger charge is -2.08. The third kappa shape index (κ3) is 2.73. The van der Waals surface area contributed by atoms with E-state index in [4.69, 9.17) is 0 Å². The second-order valence-corrected chi connectivity index (χ2v) is 6.38. The van der Waals surface area contributed by atoms with E-state index in [1.807, 2.05) is 0 Å². The Balaban J connectivity index is 2.33. The Kier molecular flexibility index (Phi) is 3.45. The van der Waals surface area contributed by atoms with Gasteiger partial charge in [0.1, 0.15) is 9.50 Å². The van der Waals surface area contributed by atoms with Crippen LogP contribution in [0.4, 0.5) is 5.69 Å². The monoisotopic (exact) mass is 329 g/mol. The highest BCUT2D eigenvalue weighted by atomic mass is 79.9. The van der Waals surface area contributed by atoms with Crippen molar-refractivity contribution in [3.63, 3.8) is 0 Å². The van der Waals surface area contributed by atoms with Crippen molar-refractivity contribution in [1.82, 2.24) is 9.55 Å². The molecule has 0 saturated carbocycles. The first-order chi connectivity index (χ1) is 8.38. The van der Waals surface area contributed by atoms with Crippen molar-refractivity contribution in [1.29, 1.82) is 0 Å². The van der Waals surface area contributed by atoms with Gasteiger partial charge >= 0.3 is 0 Å². The summed E-state index contributed by atoms with van der Waals surface area (Å²) >= 11 is 3.23. The van der Waals surface area contributed by atoms with Crippen LogP contribution in [0.3, 0.4) is 0 Å². The fourth-order valence-corrected chi connectivity index (χ4v) is 3.05. The van der Waals surface area contributed by atoms with Crippen LogP contribution in [0, 0.1) is 6.92 Å². The van der Waals surface area contributed by atoms with Crippen LogP contribution >= 0.6 is 15.9 Å². The summed E-state index contributed by atoms with van der Waals surface area (Å²) in [5.74, 6) is 0. The normalized spacial score (nSPS) is 11.5. The van der Waals surface area contributed by atoms with E-state index in [0.29, 0.717) is 16.0 Å². The Labute approximate surface area is 114 Å². The quantitative estimate of drug-likeness (QED) is 0.879. The summed E-state index contributed by atoms with van der Waals surface area (Å²) in [6.45, 7) is 1.74. The molecule has 96 valence electrons. The Morgan fingerprint density at radius 1 is 1.33 bits per heavy atom. The van der Waals surface area contributed by atoms with E-state index in [2.05, 4.69) is 25.6 Å². The van der Waals surface area contributed by atoms with E-state index >= 15 is 0 Å². The predicted octanol–water partition coefficient (Wildman–Crippen LogP) is 2.29. The van der Waals surface area contributed by atoms with Gasteiger partial charge in [0, 0.05) is 19.4 Å². The largest absolute Gasteiger partial charge is 0.356 e. The molecule has 2 rings (SSSR count). The van der Waals surface area contributed by atoms with Gasteiger partial charge in [-0.3, -0.25) is 4.72 Å². The molecule has 18 heavy (non-hydrogen) atoms. The van der Waals surface area contributed by atoms with Gasteiger partial charge < -0.3 is 4.57 Å². The topological polar surface area (TPSA) is 64.0 Å². The van der Waals surface area contributed by atoms with Gasteiger partial charge in [0.25, 0.3) is 10.0 Å². The maximum Gasteiger partial charge on any atom is 0.263 e. The Morgan fingerprint density at radius 2 is 2.06 bits per heavy atom. The molecule has 0 aliphatic carbocycles. The van der Waals surface area contributed by atoms with E-state index in [-0.39, 0.29) is 4.90 Å². The van der Waals surface area contributed by atoms with Gasteiger partial charge in [-0.15, -0.1) is 0 Å². The van der Waals surface area contributed by atoms with Crippen molar-refractivity contribution in [2.24, 2.45) is 7.05 Å². The van der Waals surface area contributed by atoms with E-state index < -0.39 is 10.0 Å². The van der Waals surface area contributed by atoms with Crippen molar-refractivity contribution in [3.8, 4) is 0 Å². The number of rotatable bonds is 3. The summed E-state index contributed by atoms with van der Waals surface area (Å²) in [5.41, 5.74) is 1.09. The summed E-state index contributed by atoms with van der Waals surface area (Å²) in [6.07, 6.45) is 3.23. The molecule has 0 aliphatic rings. The summed E-state index contributed by atoms with van der Waals surface area (Å²) in [7, 11) is -1.78. The molecule has 0 fully saturated rings. The number of aryl methyl sites for hydroxylation is 2. The van der Waals surface area contributed by atoms with Crippen molar-refractivity contribution >= 4 is 31.6 Å². The molecule has 0 aromatic carbocycles. The average molecular weight is 330 g/mol. The van der Waals surface area contributed by atoms with Crippen LogP contribution in [-0.4, -0.2) is 18.0 Å². The summed E-state index contributed by atoms with van der Waals surface area (Å²) in [5, 5.41) is 0. The van der Waals surface area contributed by atoms with Crippen LogP contribution in [0.2, 0.25) is 0 Å². The highest BCUT2D eigenvalue weighted by Gasteiger charge is 2.16. The lowest BCUT2D eigenvalue weighted by atomic mass is 10.3. The van der Waals surface area contributed by atoms with Crippen LogP contribution < -0.4 is 4.72 Å². The molecular formula is C11H12BrN3O2S.